The van der Waals surface area contributed by atoms with Gasteiger partial charge in [-0.15, -0.1) is 11.8 Å². The minimum Gasteiger partial charge on any atom is -0.384 e. The topological polar surface area (TPSA) is 15.3 Å². The third-order valence-electron chi connectivity index (χ3n) is 8.53. The van der Waals surface area contributed by atoms with Crippen LogP contribution in [0.15, 0.2) is 126 Å². The quantitative estimate of drug-likeness (QED) is 0.244. The van der Waals surface area contributed by atoms with E-state index in [1.54, 1.807) is 0 Å². The predicted molar refractivity (Wildman–Crippen MR) is 190 cm³/mol. The van der Waals surface area contributed by atoms with Gasteiger partial charge in [0.1, 0.15) is 0 Å². The highest BCUT2D eigenvalue weighted by Crippen LogP contribution is 2.41. The molecule has 0 saturated carbocycles. The van der Waals surface area contributed by atoms with Crippen LogP contribution in [0, 0.1) is 6.92 Å². The van der Waals surface area contributed by atoms with E-state index in [1.807, 2.05) is 11.8 Å². The van der Waals surface area contributed by atoms with Gasteiger partial charge >= 0.3 is 0 Å². The molecule has 0 amide bonds. The van der Waals surface area contributed by atoms with Crippen molar-refractivity contribution in [3.63, 3.8) is 0 Å². The summed E-state index contributed by atoms with van der Waals surface area (Å²) in [6.07, 6.45) is 9.78. The highest BCUT2D eigenvalue weighted by atomic mass is 32.2. The van der Waals surface area contributed by atoms with Crippen molar-refractivity contribution < 1.29 is 0 Å². The van der Waals surface area contributed by atoms with Gasteiger partial charge in [-0.05, 0) is 96.3 Å². The van der Waals surface area contributed by atoms with E-state index in [0.717, 1.165) is 42.1 Å². The van der Waals surface area contributed by atoms with Crippen LogP contribution in [0.1, 0.15) is 43.4 Å². The molecule has 0 saturated heterocycles. The van der Waals surface area contributed by atoms with Gasteiger partial charge in [-0.1, -0.05) is 98.5 Å². The number of thioether (sulfide) groups is 1. The van der Waals surface area contributed by atoms with Crippen LogP contribution in [0.5, 0.6) is 0 Å². The highest BCUT2D eigenvalue weighted by Gasteiger charge is 2.19. The monoisotopic (exact) mass is 580 g/mol. The van der Waals surface area contributed by atoms with Crippen LogP contribution >= 0.6 is 11.8 Å². The largest absolute Gasteiger partial charge is 0.384 e. The minimum atomic E-state index is 0.866. The van der Waals surface area contributed by atoms with E-state index in [9.17, 15) is 0 Å². The fraction of sp³-hybridized carbons (Fsp3) is 0.200. The summed E-state index contributed by atoms with van der Waals surface area (Å²) >= 11 is 1.88. The van der Waals surface area contributed by atoms with E-state index in [-0.39, 0.29) is 0 Å². The average Bonchev–Trinajstić information content (AvgIpc) is 3.11. The third-order valence-corrected chi connectivity index (χ3v) is 9.59. The number of hydrogen-bond donors (Lipinski definition) is 1. The van der Waals surface area contributed by atoms with Gasteiger partial charge in [0, 0.05) is 45.5 Å². The SMILES string of the molecule is C=C1/C=C\C(C)=C/CSc2c1cccc2-c1ccc(N(C(=C)CC)c2ccc(-c3cccc4c3NCCC4)cc2C)cc1. The first-order valence-corrected chi connectivity index (χ1v) is 16.3. The van der Waals surface area contributed by atoms with Crippen molar-refractivity contribution in [1.82, 2.24) is 0 Å². The lowest BCUT2D eigenvalue weighted by Crippen LogP contribution is -2.16. The van der Waals surface area contributed by atoms with E-state index in [2.05, 4.69) is 141 Å². The molecule has 2 aliphatic heterocycles. The molecule has 0 aromatic heterocycles. The van der Waals surface area contributed by atoms with Crippen molar-refractivity contribution in [1.29, 1.82) is 0 Å². The zero-order chi connectivity index (χ0) is 29.9. The number of anilines is 3. The Balaban J connectivity index is 1.35. The smallest absolute Gasteiger partial charge is 0.0487 e. The van der Waals surface area contributed by atoms with Gasteiger partial charge in [-0.3, -0.25) is 0 Å². The Morgan fingerprint density at radius 1 is 0.884 bits per heavy atom. The molecule has 0 bridgehead atoms. The molecule has 0 spiro atoms. The maximum atomic E-state index is 4.48. The Morgan fingerprint density at radius 2 is 1.63 bits per heavy atom. The fourth-order valence-corrected chi connectivity index (χ4v) is 7.29. The molecule has 1 N–H and O–H groups in total. The van der Waals surface area contributed by atoms with Crippen LogP contribution in [-0.4, -0.2) is 12.3 Å². The third kappa shape index (κ3) is 5.87. The molecule has 4 aromatic rings. The van der Waals surface area contributed by atoms with Gasteiger partial charge in [-0.25, -0.2) is 0 Å². The van der Waals surface area contributed by atoms with Crippen molar-refractivity contribution in [3.8, 4) is 22.3 Å². The van der Waals surface area contributed by atoms with Crippen molar-refractivity contribution in [2.24, 2.45) is 0 Å². The second-order valence-electron chi connectivity index (χ2n) is 11.5. The molecular weight excluding hydrogens is 541 g/mol. The summed E-state index contributed by atoms with van der Waals surface area (Å²) in [4.78, 5) is 3.60. The summed E-state index contributed by atoms with van der Waals surface area (Å²) in [7, 11) is 0. The van der Waals surface area contributed by atoms with E-state index < -0.39 is 0 Å². The average molecular weight is 581 g/mol. The van der Waals surface area contributed by atoms with Crippen molar-refractivity contribution in [2.45, 2.75) is 44.9 Å². The molecule has 0 fully saturated rings. The molecule has 43 heavy (non-hydrogen) atoms. The van der Waals surface area contributed by atoms with Crippen LogP contribution in [0.25, 0.3) is 27.8 Å². The molecular formula is C40H40N2S. The van der Waals surface area contributed by atoms with Crippen molar-refractivity contribution in [3.05, 3.63) is 138 Å². The lowest BCUT2D eigenvalue weighted by atomic mass is 9.94. The molecule has 3 heteroatoms. The summed E-state index contributed by atoms with van der Waals surface area (Å²) in [5.74, 6) is 0.937. The van der Waals surface area contributed by atoms with E-state index in [1.165, 1.54) is 67.2 Å². The zero-order valence-corrected chi connectivity index (χ0v) is 26.4. The summed E-state index contributed by atoms with van der Waals surface area (Å²) < 4.78 is 0. The molecule has 0 radical (unpaired) electrons. The normalized spacial score (nSPS) is 16.3. The first-order chi connectivity index (χ1) is 20.9. The molecule has 0 aliphatic carbocycles. The van der Waals surface area contributed by atoms with Crippen molar-refractivity contribution >= 4 is 34.4 Å². The van der Waals surface area contributed by atoms with Crippen LogP contribution in [-0.2, 0) is 6.42 Å². The minimum absolute atomic E-state index is 0.866. The molecule has 216 valence electrons. The summed E-state index contributed by atoms with van der Waals surface area (Å²) in [5.41, 5.74) is 15.8. The number of para-hydroxylation sites is 1. The predicted octanol–water partition coefficient (Wildman–Crippen LogP) is 11.4. The number of hydrogen-bond acceptors (Lipinski definition) is 3. The molecule has 6 rings (SSSR count). The summed E-state index contributed by atoms with van der Waals surface area (Å²) in [6, 6.07) is 29.1. The van der Waals surface area contributed by atoms with Gasteiger partial charge in [0.2, 0.25) is 0 Å². The van der Waals surface area contributed by atoms with E-state index in [4.69, 9.17) is 0 Å². The molecule has 0 unspecified atom stereocenters. The Labute approximate surface area is 261 Å². The number of allylic oxidation sites excluding steroid dienone is 5. The molecule has 4 aromatic carbocycles. The van der Waals surface area contributed by atoms with E-state index in [0.29, 0.717) is 0 Å². The number of rotatable bonds is 6. The van der Waals surface area contributed by atoms with Gasteiger partial charge in [-0.2, -0.15) is 0 Å². The fourth-order valence-electron chi connectivity index (χ4n) is 6.08. The lowest BCUT2D eigenvalue weighted by Gasteiger charge is -2.29. The summed E-state index contributed by atoms with van der Waals surface area (Å²) in [6.45, 7) is 16.4. The Morgan fingerprint density at radius 3 is 2.42 bits per heavy atom. The van der Waals surface area contributed by atoms with E-state index >= 15 is 0 Å². The van der Waals surface area contributed by atoms with Gasteiger partial charge in [0.15, 0.2) is 0 Å². The highest BCUT2D eigenvalue weighted by molar-refractivity contribution is 7.99. The number of fused-ring (bicyclic) bond motifs is 2. The van der Waals surface area contributed by atoms with Crippen LogP contribution in [0.2, 0.25) is 0 Å². The maximum Gasteiger partial charge on any atom is 0.0487 e. The second kappa shape index (κ2) is 12.6. The number of aryl methyl sites for hydroxylation is 2. The van der Waals surface area contributed by atoms with Gasteiger partial charge in [0.25, 0.3) is 0 Å². The Kier molecular flexibility index (Phi) is 8.44. The standard InChI is InChI=1S/C40H40N2S/c1-6-30(5)42(38-22-19-33(26-29(38)4)36-13-7-10-32-11-9-24-41-39(32)36)34-20-17-31(18-21-34)37-14-8-12-35-28(3)16-15-27(2)23-25-43-40(35)37/h7-8,10,12-23,26,41H,3,5-6,9,11,24-25H2,1-2,4H3/b16-15-,27-23-. The Hall–Kier alpha value is -4.21. The lowest BCUT2D eigenvalue weighted by molar-refractivity contribution is 0.831. The second-order valence-corrected chi connectivity index (χ2v) is 12.5. The van der Waals surface area contributed by atoms with Gasteiger partial charge in [0.05, 0.1) is 0 Å². The zero-order valence-electron chi connectivity index (χ0n) is 25.5. The number of benzene rings is 4. The summed E-state index contributed by atoms with van der Waals surface area (Å²) in [5, 5.41) is 3.65. The molecule has 2 heterocycles. The molecule has 0 atom stereocenters. The molecule has 2 nitrogen and oxygen atoms in total. The van der Waals surface area contributed by atoms with Crippen LogP contribution < -0.4 is 10.2 Å². The maximum absolute atomic E-state index is 4.48. The van der Waals surface area contributed by atoms with Crippen LogP contribution in [0.4, 0.5) is 17.1 Å². The number of nitrogens with zero attached hydrogens (tertiary/aromatic N) is 1. The van der Waals surface area contributed by atoms with Crippen LogP contribution in [0.3, 0.4) is 0 Å². The van der Waals surface area contributed by atoms with Crippen molar-refractivity contribution in [2.75, 3.05) is 22.5 Å². The number of nitrogens with one attached hydrogen (secondary N) is 1. The molecule has 2 aliphatic rings. The van der Waals surface area contributed by atoms with Gasteiger partial charge < -0.3 is 10.2 Å². The Bertz CT molecular complexity index is 1760. The first kappa shape index (κ1) is 28.9. The first-order valence-electron chi connectivity index (χ1n) is 15.3.